The van der Waals surface area contributed by atoms with Crippen LogP contribution in [0.25, 0.3) is 0 Å². The van der Waals surface area contributed by atoms with Crippen LogP contribution >= 0.6 is 31.4 Å². The fraction of sp³-hybridized carbons (Fsp3) is 0.364. The van der Waals surface area contributed by atoms with E-state index >= 15 is 0 Å². The van der Waals surface area contributed by atoms with Gasteiger partial charge in [0.1, 0.15) is 0 Å². The van der Waals surface area contributed by atoms with Gasteiger partial charge in [-0.05, 0) is 24.2 Å². The topological polar surface area (TPSA) is 23.1 Å². The van der Waals surface area contributed by atoms with Gasteiger partial charge in [-0.15, -0.1) is 13.7 Å². The predicted molar refractivity (Wildman–Crippen MR) is 67.2 cm³/mol. The van der Waals surface area contributed by atoms with E-state index in [2.05, 4.69) is 13.8 Å². The van der Waals surface area contributed by atoms with Crippen LogP contribution in [0.5, 0.6) is 0 Å². The van der Waals surface area contributed by atoms with Crippen LogP contribution in [0.2, 0.25) is 10.0 Å². The molecule has 0 radical (unpaired) electrons. The monoisotopic (exact) mass is 261 g/mol. The molecule has 15 heavy (non-hydrogen) atoms. The Morgan fingerprint density at radius 2 is 1.87 bits per heavy atom. The maximum Gasteiger partial charge on any atom is 0.0486 e. The van der Waals surface area contributed by atoms with Crippen LogP contribution in [0, 0.1) is 5.92 Å². The van der Waals surface area contributed by atoms with E-state index in [0.717, 1.165) is 14.4 Å². The lowest BCUT2D eigenvalue weighted by molar-refractivity contribution is -0.207. The number of benzene rings is 1. The smallest absolute Gasteiger partial charge is 0.0486 e. The van der Waals surface area contributed by atoms with E-state index in [4.69, 9.17) is 23.2 Å². The van der Waals surface area contributed by atoms with Crippen molar-refractivity contribution in [2.45, 2.75) is 13.8 Å². The van der Waals surface area contributed by atoms with Gasteiger partial charge in [-0.3, -0.25) is 0 Å². The second kappa shape index (κ2) is 5.86. The Bertz CT molecular complexity index is 355. The average Bonchev–Trinajstić information content (AvgIpc) is 2.14. The molecule has 0 heterocycles. The summed E-state index contributed by atoms with van der Waals surface area (Å²) in [6.07, 6.45) is 0.834. The number of rotatable bonds is 3. The summed E-state index contributed by atoms with van der Waals surface area (Å²) >= 11 is 11.9. The van der Waals surface area contributed by atoms with E-state index in [1.807, 2.05) is 0 Å². The Labute approximate surface area is 102 Å². The minimum Gasteiger partial charge on any atom is -0.823 e. The zero-order valence-electron chi connectivity index (χ0n) is 8.63. The first-order valence-electron chi connectivity index (χ1n) is 4.68. The van der Waals surface area contributed by atoms with E-state index < -0.39 is 0 Å². The van der Waals surface area contributed by atoms with Gasteiger partial charge in [0.2, 0.25) is 0 Å². The highest BCUT2D eigenvalue weighted by Gasteiger charge is 2.03. The van der Waals surface area contributed by atoms with Crippen molar-refractivity contribution >= 4 is 36.9 Å². The molecule has 0 fully saturated rings. The van der Waals surface area contributed by atoms with Crippen LogP contribution in [0.1, 0.15) is 19.4 Å². The van der Waals surface area contributed by atoms with Crippen molar-refractivity contribution in [1.29, 1.82) is 0 Å². The van der Waals surface area contributed by atoms with Gasteiger partial charge in [0, 0.05) is 15.6 Å². The van der Waals surface area contributed by atoms with E-state index in [1.54, 1.807) is 18.2 Å². The molecule has 0 spiro atoms. The lowest BCUT2D eigenvalue weighted by Crippen LogP contribution is -2.17. The van der Waals surface area contributed by atoms with E-state index in [1.165, 1.54) is 0 Å². The maximum absolute atomic E-state index is 11.8. The average molecular weight is 262 g/mol. The molecule has 82 valence electrons. The van der Waals surface area contributed by atoms with Crippen molar-refractivity contribution in [3.63, 3.8) is 0 Å². The third kappa shape index (κ3) is 3.77. The largest absolute Gasteiger partial charge is 0.823 e. The van der Waals surface area contributed by atoms with Crippen LogP contribution in [-0.4, -0.2) is 11.6 Å². The van der Waals surface area contributed by atoms with Gasteiger partial charge in [0.15, 0.2) is 0 Å². The highest BCUT2D eigenvalue weighted by atomic mass is 35.5. The van der Waals surface area contributed by atoms with Gasteiger partial charge in [0.05, 0.1) is 0 Å². The van der Waals surface area contributed by atoms with Gasteiger partial charge in [-0.2, -0.15) is 0 Å². The molecule has 0 amide bonds. The Balaban J connectivity index is 3.00. The number of hydrogen-bond acceptors (Lipinski definition) is 1. The van der Waals surface area contributed by atoms with Gasteiger partial charge in [0.25, 0.3) is 0 Å². The molecule has 0 aliphatic heterocycles. The van der Waals surface area contributed by atoms with Crippen molar-refractivity contribution in [2.24, 2.45) is 5.92 Å². The lowest BCUT2D eigenvalue weighted by atomic mass is 10.2. The second-order valence-electron chi connectivity index (χ2n) is 3.64. The van der Waals surface area contributed by atoms with Crippen LogP contribution in [0.4, 0.5) is 0 Å². The Kier molecular flexibility index (Phi) is 5.08. The summed E-state index contributed by atoms with van der Waals surface area (Å²) < 4.78 is 0. The van der Waals surface area contributed by atoms with E-state index in [0.29, 0.717) is 21.5 Å². The van der Waals surface area contributed by atoms with Crippen molar-refractivity contribution < 1.29 is 5.11 Å². The molecule has 1 rings (SSSR count). The SMILES string of the molecule is CC(C)CP=C([O-])c1c(Cl)cccc1Cl. The van der Waals surface area contributed by atoms with E-state index in [9.17, 15) is 5.11 Å². The highest BCUT2D eigenvalue weighted by Crippen LogP contribution is 2.25. The molecule has 1 nitrogen and oxygen atoms in total. The quantitative estimate of drug-likeness (QED) is 0.765. The summed E-state index contributed by atoms with van der Waals surface area (Å²) in [5.74, 6) is 0.497. The number of halogens is 2. The van der Waals surface area contributed by atoms with Crippen LogP contribution in [0.15, 0.2) is 18.2 Å². The summed E-state index contributed by atoms with van der Waals surface area (Å²) in [6.45, 7) is 4.16. The standard InChI is InChI=1S/C11H13Cl2OP/c1-7(2)6-15-11(14)10-8(12)4-3-5-9(10)13/h3-5,7,14H,6H2,1-2H3/p-1. The molecule has 0 saturated heterocycles. The van der Waals surface area contributed by atoms with Crippen LogP contribution < -0.4 is 5.11 Å². The van der Waals surface area contributed by atoms with Gasteiger partial charge < -0.3 is 5.11 Å². The van der Waals surface area contributed by atoms with Crippen LogP contribution in [-0.2, 0) is 0 Å². The summed E-state index contributed by atoms with van der Waals surface area (Å²) in [7, 11) is 0.753. The highest BCUT2D eigenvalue weighted by molar-refractivity contribution is 7.40. The Morgan fingerprint density at radius 3 is 2.33 bits per heavy atom. The minimum atomic E-state index is -0.000648. The predicted octanol–water partition coefficient (Wildman–Crippen LogP) is 3.43. The third-order valence-corrected chi connectivity index (χ3v) is 3.83. The summed E-state index contributed by atoms with van der Waals surface area (Å²) in [5, 5.41) is 12.7. The molecule has 1 aromatic carbocycles. The van der Waals surface area contributed by atoms with Gasteiger partial charge in [-0.1, -0.05) is 43.1 Å². The molecule has 0 unspecified atom stereocenters. The first-order valence-corrected chi connectivity index (χ1v) is 6.51. The lowest BCUT2D eigenvalue weighted by Gasteiger charge is -2.15. The first kappa shape index (κ1) is 13.0. The zero-order valence-corrected chi connectivity index (χ0v) is 11.0. The normalized spacial score (nSPS) is 12.3. The fourth-order valence-electron chi connectivity index (χ4n) is 1.05. The molecule has 0 bridgehead atoms. The molecule has 1 aromatic rings. The zero-order chi connectivity index (χ0) is 11.4. The fourth-order valence-corrected chi connectivity index (χ4v) is 2.68. The maximum atomic E-state index is 11.8. The second-order valence-corrected chi connectivity index (χ2v) is 5.54. The van der Waals surface area contributed by atoms with Crippen LogP contribution in [0.3, 0.4) is 0 Å². The molecule has 0 saturated carbocycles. The Hall–Kier alpha value is -0.0700. The molecule has 4 heteroatoms. The number of hydrogen-bond donors (Lipinski definition) is 0. The van der Waals surface area contributed by atoms with Crippen molar-refractivity contribution in [2.75, 3.05) is 6.16 Å². The van der Waals surface area contributed by atoms with Crippen molar-refractivity contribution in [3.8, 4) is 0 Å². The third-order valence-electron chi connectivity index (χ3n) is 1.78. The van der Waals surface area contributed by atoms with Gasteiger partial charge >= 0.3 is 0 Å². The van der Waals surface area contributed by atoms with Gasteiger partial charge in [-0.25, -0.2) is 0 Å². The molecule has 0 aliphatic carbocycles. The minimum absolute atomic E-state index is 0.000648. The first-order chi connectivity index (χ1) is 7.02. The van der Waals surface area contributed by atoms with E-state index in [-0.39, 0.29) is 5.48 Å². The summed E-state index contributed by atoms with van der Waals surface area (Å²) in [5.41, 5.74) is 0.447. The molecule has 0 aliphatic rings. The molecule has 0 aromatic heterocycles. The molecule has 0 N–H and O–H groups in total. The van der Waals surface area contributed by atoms with Crippen molar-refractivity contribution in [3.05, 3.63) is 33.8 Å². The summed E-state index contributed by atoms with van der Waals surface area (Å²) in [4.78, 5) is 0. The Morgan fingerprint density at radius 1 is 1.33 bits per heavy atom. The van der Waals surface area contributed by atoms with Crippen molar-refractivity contribution in [1.82, 2.24) is 0 Å². The molecule has 0 atom stereocenters. The summed E-state index contributed by atoms with van der Waals surface area (Å²) in [6, 6.07) is 5.11. The molecular formula is C11H12Cl2OP-. The molecular weight excluding hydrogens is 250 g/mol.